The summed E-state index contributed by atoms with van der Waals surface area (Å²) in [5, 5.41) is 8.07. The fourth-order valence-corrected chi connectivity index (χ4v) is 3.75. The summed E-state index contributed by atoms with van der Waals surface area (Å²) in [6.45, 7) is 14.7. The molecule has 21 heavy (non-hydrogen) atoms. The maximum atomic E-state index is 4.51. The van der Waals surface area contributed by atoms with E-state index in [2.05, 4.69) is 62.1 Å². The van der Waals surface area contributed by atoms with Crippen molar-refractivity contribution in [2.75, 3.05) is 13.1 Å². The van der Waals surface area contributed by atoms with Gasteiger partial charge in [-0.15, -0.1) is 0 Å². The Morgan fingerprint density at radius 3 is 2.62 bits per heavy atom. The first-order valence-electron chi connectivity index (χ1n) is 8.68. The van der Waals surface area contributed by atoms with Gasteiger partial charge in [-0.05, 0) is 68.0 Å². The first-order valence-corrected chi connectivity index (χ1v) is 8.68. The van der Waals surface area contributed by atoms with Gasteiger partial charge in [0.05, 0.1) is 6.20 Å². The Bertz CT molecular complexity index is 430. The number of hydrogen-bond acceptors (Lipinski definition) is 2. The average molecular weight is 291 g/mol. The molecule has 120 valence electrons. The molecule has 3 unspecified atom stereocenters. The highest BCUT2D eigenvalue weighted by Gasteiger charge is 2.36. The van der Waals surface area contributed by atoms with E-state index in [1.54, 1.807) is 0 Å². The monoisotopic (exact) mass is 291 g/mol. The first kappa shape index (κ1) is 16.5. The molecule has 3 nitrogen and oxygen atoms in total. The van der Waals surface area contributed by atoms with Crippen molar-refractivity contribution in [3.8, 4) is 0 Å². The summed E-state index contributed by atoms with van der Waals surface area (Å²) in [6, 6.07) is 0. The van der Waals surface area contributed by atoms with Crippen molar-refractivity contribution in [1.82, 2.24) is 15.1 Å². The van der Waals surface area contributed by atoms with Gasteiger partial charge in [-0.3, -0.25) is 4.68 Å². The molecule has 0 bridgehead atoms. The van der Waals surface area contributed by atoms with Gasteiger partial charge in [-0.2, -0.15) is 5.10 Å². The SMILES string of the molecule is CCNCC1CCC(C(C)(C)C)CC1c1cnn(CC)c1. The van der Waals surface area contributed by atoms with Gasteiger partial charge < -0.3 is 5.32 Å². The van der Waals surface area contributed by atoms with Crippen molar-refractivity contribution in [2.24, 2.45) is 17.3 Å². The number of aryl methyl sites for hydroxylation is 1. The van der Waals surface area contributed by atoms with Gasteiger partial charge in [0.25, 0.3) is 0 Å². The molecule has 3 atom stereocenters. The Labute approximate surface area is 130 Å². The number of nitrogens with one attached hydrogen (secondary N) is 1. The maximum Gasteiger partial charge on any atom is 0.0524 e. The quantitative estimate of drug-likeness (QED) is 0.886. The minimum absolute atomic E-state index is 0.419. The fourth-order valence-electron chi connectivity index (χ4n) is 3.75. The molecular weight excluding hydrogens is 258 g/mol. The first-order chi connectivity index (χ1) is 9.95. The van der Waals surface area contributed by atoms with Gasteiger partial charge in [0.2, 0.25) is 0 Å². The molecule has 1 aromatic rings. The highest BCUT2D eigenvalue weighted by atomic mass is 15.3. The highest BCUT2D eigenvalue weighted by molar-refractivity contribution is 5.15. The molecule has 1 saturated carbocycles. The van der Waals surface area contributed by atoms with Crippen LogP contribution in [0.1, 0.15) is 65.4 Å². The predicted octanol–water partition coefficient (Wildman–Crippen LogP) is 4.06. The maximum absolute atomic E-state index is 4.51. The third-order valence-electron chi connectivity index (χ3n) is 5.28. The summed E-state index contributed by atoms with van der Waals surface area (Å²) in [5.41, 5.74) is 1.87. The van der Waals surface area contributed by atoms with Crippen LogP contribution < -0.4 is 5.32 Å². The summed E-state index contributed by atoms with van der Waals surface area (Å²) in [4.78, 5) is 0. The number of rotatable bonds is 5. The summed E-state index contributed by atoms with van der Waals surface area (Å²) in [5.74, 6) is 2.26. The molecule has 1 heterocycles. The van der Waals surface area contributed by atoms with Gasteiger partial charge in [0, 0.05) is 12.7 Å². The lowest BCUT2D eigenvalue weighted by Crippen LogP contribution is -2.35. The molecule has 1 aliphatic carbocycles. The number of aromatic nitrogens is 2. The molecule has 3 heteroatoms. The molecule has 0 aliphatic heterocycles. The molecular formula is C18H33N3. The minimum atomic E-state index is 0.419. The molecule has 0 saturated heterocycles. The van der Waals surface area contributed by atoms with E-state index in [0.717, 1.165) is 31.5 Å². The van der Waals surface area contributed by atoms with E-state index < -0.39 is 0 Å². The molecule has 0 spiro atoms. The van der Waals surface area contributed by atoms with E-state index in [0.29, 0.717) is 11.3 Å². The average Bonchev–Trinajstić information content (AvgIpc) is 2.92. The second-order valence-corrected chi connectivity index (χ2v) is 7.68. The fraction of sp³-hybridized carbons (Fsp3) is 0.833. The van der Waals surface area contributed by atoms with Crippen LogP contribution in [0.2, 0.25) is 0 Å². The van der Waals surface area contributed by atoms with E-state index >= 15 is 0 Å². The van der Waals surface area contributed by atoms with Crippen LogP contribution in [0.3, 0.4) is 0 Å². The van der Waals surface area contributed by atoms with Crippen LogP contribution in [-0.2, 0) is 6.54 Å². The van der Waals surface area contributed by atoms with Crippen molar-refractivity contribution in [1.29, 1.82) is 0 Å². The van der Waals surface area contributed by atoms with Crippen LogP contribution in [0, 0.1) is 17.3 Å². The van der Waals surface area contributed by atoms with E-state index in [9.17, 15) is 0 Å². The highest BCUT2D eigenvalue weighted by Crippen LogP contribution is 2.46. The molecule has 2 rings (SSSR count). The minimum Gasteiger partial charge on any atom is -0.317 e. The van der Waals surface area contributed by atoms with Gasteiger partial charge in [-0.1, -0.05) is 27.7 Å². The van der Waals surface area contributed by atoms with E-state index in [4.69, 9.17) is 0 Å². The van der Waals surface area contributed by atoms with E-state index in [1.165, 1.54) is 24.8 Å². The topological polar surface area (TPSA) is 29.9 Å². The predicted molar refractivity (Wildman–Crippen MR) is 89.5 cm³/mol. The van der Waals surface area contributed by atoms with Crippen molar-refractivity contribution < 1.29 is 0 Å². The molecule has 0 aromatic carbocycles. The largest absolute Gasteiger partial charge is 0.317 e. The van der Waals surface area contributed by atoms with Crippen LogP contribution in [0.4, 0.5) is 0 Å². The Kier molecular flexibility index (Phi) is 5.48. The molecule has 1 aromatic heterocycles. The number of nitrogens with zero attached hydrogens (tertiary/aromatic N) is 2. The van der Waals surface area contributed by atoms with Crippen molar-refractivity contribution in [2.45, 2.75) is 66.3 Å². The summed E-state index contributed by atoms with van der Waals surface area (Å²) in [7, 11) is 0. The molecule has 1 N–H and O–H groups in total. The second kappa shape index (κ2) is 6.95. The number of hydrogen-bond donors (Lipinski definition) is 1. The Hall–Kier alpha value is -0.830. The van der Waals surface area contributed by atoms with E-state index in [1.807, 2.05) is 0 Å². The molecule has 0 amide bonds. The Balaban J connectivity index is 2.15. The van der Waals surface area contributed by atoms with Crippen LogP contribution >= 0.6 is 0 Å². The lowest BCUT2D eigenvalue weighted by Gasteiger charge is -2.42. The molecule has 1 aliphatic rings. The van der Waals surface area contributed by atoms with Crippen LogP contribution in [0.5, 0.6) is 0 Å². The molecule has 1 fully saturated rings. The van der Waals surface area contributed by atoms with Gasteiger partial charge in [0.1, 0.15) is 0 Å². The van der Waals surface area contributed by atoms with Crippen molar-refractivity contribution in [3.63, 3.8) is 0 Å². The van der Waals surface area contributed by atoms with Gasteiger partial charge in [0.15, 0.2) is 0 Å². The summed E-state index contributed by atoms with van der Waals surface area (Å²) < 4.78 is 2.07. The lowest BCUT2D eigenvalue weighted by molar-refractivity contribution is 0.129. The van der Waals surface area contributed by atoms with Gasteiger partial charge >= 0.3 is 0 Å². The second-order valence-electron chi connectivity index (χ2n) is 7.68. The smallest absolute Gasteiger partial charge is 0.0524 e. The Morgan fingerprint density at radius 2 is 2.05 bits per heavy atom. The zero-order valence-corrected chi connectivity index (χ0v) is 14.5. The third kappa shape index (κ3) is 4.09. The standard InChI is InChI=1S/C18H33N3/c1-6-19-11-14-8-9-16(18(3,4)5)10-17(14)15-12-20-21(7-2)13-15/h12-14,16-17,19H,6-11H2,1-5H3. The zero-order chi connectivity index (χ0) is 15.5. The van der Waals surface area contributed by atoms with Gasteiger partial charge in [-0.25, -0.2) is 0 Å². The summed E-state index contributed by atoms with van der Waals surface area (Å²) >= 11 is 0. The summed E-state index contributed by atoms with van der Waals surface area (Å²) in [6.07, 6.45) is 8.41. The van der Waals surface area contributed by atoms with Crippen LogP contribution in [0.15, 0.2) is 12.4 Å². The zero-order valence-electron chi connectivity index (χ0n) is 14.5. The van der Waals surface area contributed by atoms with E-state index in [-0.39, 0.29) is 0 Å². The van der Waals surface area contributed by atoms with Crippen LogP contribution in [0.25, 0.3) is 0 Å². The Morgan fingerprint density at radius 1 is 1.29 bits per heavy atom. The van der Waals surface area contributed by atoms with Crippen LogP contribution in [-0.4, -0.2) is 22.9 Å². The normalized spacial score (nSPS) is 27.0. The van der Waals surface area contributed by atoms with Crippen molar-refractivity contribution >= 4 is 0 Å². The lowest BCUT2D eigenvalue weighted by atomic mass is 9.64. The third-order valence-corrected chi connectivity index (χ3v) is 5.28. The molecule has 0 radical (unpaired) electrons. The van der Waals surface area contributed by atoms with Crippen molar-refractivity contribution in [3.05, 3.63) is 18.0 Å².